The summed E-state index contributed by atoms with van der Waals surface area (Å²) in [5.41, 5.74) is 1.77. The summed E-state index contributed by atoms with van der Waals surface area (Å²) in [6, 6.07) is 7.61. The van der Waals surface area contributed by atoms with Crippen molar-refractivity contribution in [2.75, 3.05) is 11.9 Å². The summed E-state index contributed by atoms with van der Waals surface area (Å²) >= 11 is 0. The quantitative estimate of drug-likeness (QED) is 0.812. The van der Waals surface area contributed by atoms with Crippen LogP contribution in [0.25, 0.3) is 0 Å². The molecule has 0 aliphatic rings. The van der Waals surface area contributed by atoms with Crippen molar-refractivity contribution >= 4 is 17.5 Å². The van der Waals surface area contributed by atoms with Crippen LogP contribution in [0.2, 0.25) is 0 Å². The van der Waals surface area contributed by atoms with Crippen LogP contribution in [0.15, 0.2) is 24.3 Å². The predicted molar refractivity (Wildman–Crippen MR) is 81.6 cm³/mol. The molecule has 110 valence electrons. The monoisotopic (exact) mass is 276 g/mol. The Morgan fingerprint density at radius 1 is 1.10 bits per heavy atom. The van der Waals surface area contributed by atoms with Crippen molar-refractivity contribution in [1.29, 1.82) is 0 Å². The van der Waals surface area contributed by atoms with E-state index in [1.165, 1.54) is 0 Å². The second-order valence-electron chi connectivity index (χ2n) is 5.45. The highest BCUT2D eigenvalue weighted by Gasteiger charge is 2.16. The van der Waals surface area contributed by atoms with Crippen molar-refractivity contribution in [3.05, 3.63) is 29.8 Å². The zero-order valence-corrected chi connectivity index (χ0v) is 12.7. The molecule has 0 spiro atoms. The van der Waals surface area contributed by atoms with Gasteiger partial charge in [-0.3, -0.25) is 9.59 Å². The van der Waals surface area contributed by atoms with Crippen LogP contribution in [0.1, 0.15) is 45.6 Å². The van der Waals surface area contributed by atoms with Gasteiger partial charge in [0.05, 0.1) is 0 Å². The molecule has 1 unspecified atom stereocenters. The van der Waals surface area contributed by atoms with Gasteiger partial charge in [0.1, 0.15) is 0 Å². The second-order valence-corrected chi connectivity index (χ2v) is 5.45. The van der Waals surface area contributed by atoms with E-state index in [1.807, 2.05) is 38.1 Å². The lowest BCUT2D eigenvalue weighted by Crippen LogP contribution is -2.37. The van der Waals surface area contributed by atoms with Gasteiger partial charge in [-0.25, -0.2) is 0 Å². The highest BCUT2D eigenvalue weighted by atomic mass is 16.2. The SMILES string of the molecule is CCC(C)c1ccccc1NC(=O)C(=O)NCC(C)C. The van der Waals surface area contributed by atoms with Gasteiger partial charge in [-0.1, -0.05) is 45.9 Å². The first kappa shape index (κ1) is 16.2. The first-order valence-corrected chi connectivity index (χ1v) is 7.13. The molecular weight excluding hydrogens is 252 g/mol. The minimum atomic E-state index is -0.610. The maximum atomic E-state index is 11.9. The van der Waals surface area contributed by atoms with Gasteiger partial charge >= 0.3 is 11.8 Å². The highest BCUT2D eigenvalue weighted by Crippen LogP contribution is 2.26. The largest absolute Gasteiger partial charge is 0.348 e. The van der Waals surface area contributed by atoms with Crippen molar-refractivity contribution in [2.45, 2.75) is 40.0 Å². The maximum Gasteiger partial charge on any atom is 0.313 e. The van der Waals surface area contributed by atoms with Crippen LogP contribution < -0.4 is 10.6 Å². The van der Waals surface area contributed by atoms with Gasteiger partial charge in [0.25, 0.3) is 0 Å². The molecule has 4 heteroatoms. The molecule has 20 heavy (non-hydrogen) atoms. The Morgan fingerprint density at radius 2 is 1.75 bits per heavy atom. The molecule has 0 aromatic heterocycles. The lowest BCUT2D eigenvalue weighted by atomic mass is 9.97. The third-order valence-corrected chi connectivity index (χ3v) is 3.23. The van der Waals surface area contributed by atoms with Gasteiger partial charge in [-0.05, 0) is 29.9 Å². The van der Waals surface area contributed by atoms with E-state index in [4.69, 9.17) is 0 Å². The molecule has 0 radical (unpaired) electrons. The van der Waals surface area contributed by atoms with Crippen molar-refractivity contribution in [1.82, 2.24) is 5.32 Å². The highest BCUT2D eigenvalue weighted by molar-refractivity contribution is 6.39. The van der Waals surface area contributed by atoms with Gasteiger partial charge in [-0.15, -0.1) is 0 Å². The third-order valence-electron chi connectivity index (χ3n) is 3.23. The van der Waals surface area contributed by atoms with Crippen molar-refractivity contribution < 1.29 is 9.59 Å². The summed E-state index contributed by atoms with van der Waals surface area (Å²) < 4.78 is 0. The summed E-state index contributed by atoms with van der Waals surface area (Å²) in [5, 5.41) is 5.31. The summed E-state index contributed by atoms with van der Waals surface area (Å²) in [4.78, 5) is 23.5. The standard InChI is InChI=1S/C16H24N2O2/c1-5-12(4)13-8-6-7-9-14(13)18-16(20)15(19)17-10-11(2)3/h6-9,11-12H,5,10H2,1-4H3,(H,17,19)(H,18,20). The summed E-state index contributed by atoms with van der Waals surface area (Å²) in [7, 11) is 0. The number of para-hydroxylation sites is 1. The molecule has 1 aromatic carbocycles. The lowest BCUT2D eigenvalue weighted by Gasteiger charge is -2.15. The number of carbonyl (C=O) groups is 2. The fourth-order valence-corrected chi connectivity index (χ4v) is 1.82. The lowest BCUT2D eigenvalue weighted by molar-refractivity contribution is -0.136. The number of carbonyl (C=O) groups excluding carboxylic acids is 2. The molecule has 4 nitrogen and oxygen atoms in total. The predicted octanol–water partition coefficient (Wildman–Crippen LogP) is 2.91. The van der Waals surface area contributed by atoms with Crippen LogP contribution in [-0.4, -0.2) is 18.4 Å². The topological polar surface area (TPSA) is 58.2 Å². The van der Waals surface area contributed by atoms with Gasteiger partial charge in [0, 0.05) is 12.2 Å². The Balaban J connectivity index is 2.73. The van der Waals surface area contributed by atoms with Gasteiger partial charge in [-0.2, -0.15) is 0 Å². The molecule has 1 aromatic rings. The molecule has 1 atom stereocenters. The van der Waals surface area contributed by atoms with E-state index in [0.29, 0.717) is 24.1 Å². The average Bonchev–Trinajstić information content (AvgIpc) is 2.44. The average molecular weight is 276 g/mol. The maximum absolute atomic E-state index is 11.9. The Hall–Kier alpha value is -1.84. The summed E-state index contributed by atoms with van der Waals surface area (Å²) in [5.74, 6) is -0.538. The summed E-state index contributed by atoms with van der Waals surface area (Å²) in [6.07, 6.45) is 0.979. The van der Waals surface area contributed by atoms with Crippen molar-refractivity contribution in [2.24, 2.45) is 5.92 Å². The van der Waals surface area contributed by atoms with Crippen molar-refractivity contribution in [3.8, 4) is 0 Å². The zero-order valence-electron chi connectivity index (χ0n) is 12.7. The molecule has 2 N–H and O–H groups in total. The second kappa shape index (κ2) is 7.68. The smallest absolute Gasteiger partial charge is 0.313 e. The Bertz CT molecular complexity index is 469. The van der Waals surface area contributed by atoms with Gasteiger partial charge in [0.2, 0.25) is 0 Å². The molecule has 0 heterocycles. The molecule has 1 rings (SSSR count). The van der Waals surface area contributed by atoms with Crippen molar-refractivity contribution in [3.63, 3.8) is 0 Å². The molecule has 0 aliphatic heterocycles. The number of rotatable bonds is 5. The van der Waals surface area contributed by atoms with Crippen LogP contribution >= 0.6 is 0 Å². The Labute approximate surface area is 121 Å². The fourth-order valence-electron chi connectivity index (χ4n) is 1.82. The number of amides is 2. The van der Waals surface area contributed by atoms with Crippen LogP contribution in [0, 0.1) is 5.92 Å². The fraction of sp³-hybridized carbons (Fsp3) is 0.500. The van der Waals surface area contributed by atoms with Crippen LogP contribution in [-0.2, 0) is 9.59 Å². The molecule has 2 amide bonds. The normalized spacial score (nSPS) is 12.1. The van der Waals surface area contributed by atoms with E-state index in [9.17, 15) is 9.59 Å². The van der Waals surface area contributed by atoms with Gasteiger partial charge in [0.15, 0.2) is 0 Å². The minimum absolute atomic E-state index is 0.319. The van der Waals surface area contributed by atoms with E-state index < -0.39 is 11.8 Å². The molecular formula is C16H24N2O2. The number of hydrogen-bond donors (Lipinski definition) is 2. The number of nitrogens with one attached hydrogen (secondary N) is 2. The third kappa shape index (κ3) is 4.68. The molecule has 0 saturated carbocycles. The Morgan fingerprint density at radius 3 is 2.35 bits per heavy atom. The molecule has 0 saturated heterocycles. The van der Waals surface area contributed by atoms with Crippen LogP contribution in [0.3, 0.4) is 0 Å². The van der Waals surface area contributed by atoms with E-state index in [2.05, 4.69) is 24.5 Å². The van der Waals surface area contributed by atoms with E-state index in [1.54, 1.807) is 0 Å². The molecule has 0 fully saturated rings. The number of hydrogen-bond acceptors (Lipinski definition) is 2. The number of benzene rings is 1. The first-order valence-electron chi connectivity index (χ1n) is 7.13. The zero-order chi connectivity index (χ0) is 15.1. The first-order chi connectivity index (χ1) is 9.45. The van der Waals surface area contributed by atoms with Crippen LogP contribution in [0.4, 0.5) is 5.69 Å². The Kier molecular flexibility index (Phi) is 6.22. The minimum Gasteiger partial charge on any atom is -0.348 e. The van der Waals surface area contributed by atoms with E-state index in [-0.39, 0.29) is 0 Å². The number of anilines is 1. The molecule has 0 bridgehead atoms. The van der Waals surface area contributed by atoms with E-state index >= 15 is 0 Å². The molecule has 0 aliphatic carbocycles. The van der Waals surface area contributed by atoms with Crippen LogP contribution in [0.5, 0.6) is 0 Å². The van der Waals surface area contributed by atoms with E-state index in [0.717, 1.165) is 12.0 Å². The van der Waals surface area contributed by atoms with Gasteiger partial charge < -0.3 is 10.6 Å². The summed E-state index contributed by atoms with van der Waals surface area (Å²) in [6.45, 7) is 8.66.